The van der Waals surface area contributed by atoms with Gasteiger partial charge in [0.25, 0.3) is 0 Å². The van der Waals surface area contributed by atoms with Crippen LogP contribution in [0.2, 0.25) is 0 Å². The highest BCUT2D eigenvalue weighted by atomic mass is 16.5. The number of rotatable bonds is 7. The Labute approximate surface area is 317 Å². The smallest absolute Gasteiger partial charge is 0.135 e. The number of pyridine rings is 1. The molecule has 1 heterocycles. The van der Waals surface area contributed by atoms with Crippen molar-refractivity contribution in [1.29, 1.82) is 0 Å². The zero-order valence-electron chi connectivity index (χ0n) is 31.3. The lowest BCUT2D eigenvalue weighted by Crippen LogP contribution is -2.12. The van der Waals surface area contributed by atoms with Crippen LogP contribution in [0.4, 0.5) is 0 Å². The van der Waals surface area contributed by atoms with Gasteiger partial charge >= 0.3 is 0 Å². The number of hydrogen-bond donors (Lipinski definition) is 2. The van der Waals surface area contributed by atoms with Crippen LogP contribution in [0, 0.1) is 13.8 Å². The van der Waals surface area contributed by atoms with Crippen LogP contribution in [0.1, 0.15) is 43.2 Å². The molecule has 4 heteroatoms. The minimum Gasteiger partial charge on any atom is -0.507 e. The first-order valence-electron chi connectivity index (χ1n) is 18.4. The summed E-state index contributed by atoms with van der Waals surface area (Å²) in [4.78, 5) is 4.56. The Morgan fingerprint density at radius 3 is 1.41 bits per heavy atom. The molecule has 7 aromatic carbocycles. The summed E-state index contributed by atoms with van der Waals surface area (Å²) in [6.07, 6.45) is 1.76. The Bertz CT molecular complexity index is 2520. The standard InChI is InChI=1S/C50H43NO3/c1-31-24-41(39-21-12-16-33-14-6-8-19-37(33)39)47(52)43(26-31)45-28-35(50(3,4)5)29-46(49(45)54-30-36-18-10-11-23-51-36)44-27-32(2)25-42(48(44)53)40-22-13-17-34-15-7-9-20-38(34)40/h6-29,52-53H,30H2,1-5H3. The Morgan fingerprint density at radius 2 is 0.944 bits per heavy atom. The maximum atomic E-state index is 12.4. The fourth-order valence-corrected chi connectivity index (χ4v) is 7.55. The quantitative estimate of drug-likeness (QED) is 0.173. The third-order valence-corrected chi connectivity index (χ3v) is 10.3. The molecular formula is C50H43NO3. The molecule has 0 radical (unpaired) electrons. The van der Waals surface area contributed by atoms with Crippen molar-refractivity contribution in [1.82, 2.24) is 4.98 Å². The molecule has 0 fully saturated rings. The lowest BCUT2D eigenvalue weighted by atomic mass is 9.81. The highest BCUT2D eigenvalue weighted by Crippen LogP contribution is 2.51. The molecule has 1 aromatic heterocycles. The van der Waals surface area contributed by atoms with E-state index >= 15 is 0 Å². The van der Waals surface area contributed by atoms with E-state index in [1.165, 1.54) is 0 Å². The molecule has 0 saturated carbocycles. The van der Waals surface area contributed by atoms with E-state index in [1.807, 2.05) is 78.9 Å². The number of aryl methyl sites for hydroxylation is 2. The zero-order valence-corrected chi connectivity index (χ0v) is 31.3. The monoisotopic (exact) mass is 705 g/mol. The fraction of sp³-hybridized carbons (Fsp3) is 0.140. The summed E-state index contributed by atoms with van der Waals surface area (Å²) in [5, 5.41) is 29.2. The normalized spacial score (nSPS) is 11.6. The molecule has 0 bridgehead atoms. The first-order chi connectivity index (χ1) is 26.1. The first-order valence-corrected chi connectivity index (χ1v) is 18.4. The Morgan fingerprint density at radius 1 is 0.500 bits per heavy atom. The van der Waals surface area contributed by atoms with Crippen molar-refractivity contribution in [3.05, 3.63) is 168 Å². The molecule has 0 amide bonds. The maximum absolute atomic E-state index is 12.4. The average molecular weight is 706 g/mol. The lowest BCUT2D eigenvalue weighted by Gasteiger charge is -2.26. The van der Waals surface area contributed by atoms with Crippen LogP contribution in [-0.4, -0.2) is 15.2 Å². The van der Waals surface area contributed by atoms with Gasteiger partial charge in [-0.25, -0.2) is 0 Å². The summed E-state index contributed by atoms with van der Waals surface area (Å²) < 4.78 is 6.87. The Hall–Kier alpha value is -6.39. The van der Waals surface area contributed by atoms with Gasteiger partial charge in [-0.3, -0.25) is 4.98 Å². The number of aromatic hydroxyl groups is 2. The van der Waals surface area contributed by atoms with Crippen molar-refractivity contribution >= 4 is 21.5 Å². The van der Waals surface area contributed by atoms with Gasteiger partial charge in [0.1, 0.15) is 23.9 Å². The number of ether oxygens (including phenoxy) is 1. The van der Waals surface area contributed by atoms with Gasteiger partial charge in [-0.1, -0.05) is 112 Å². The predicted octanol–water partition coefficient (Wildman–Crippen LogP) is 13.0. The Kier molecular flexibility index (Phi) is 8.91. The van der Waals surface area contributed by atoms with E-state index in [4.69, 9.17) is 4.74 Å². The van der Waals surface area contributed by atoms with Crippen LogP contribution in [0.5, 0.6) is 17.2 Å². The molecular weight excluding hydrogens is 663 g/mol. The van der Waals surface area contributed by atoms with E-state index in [9.17, 15) is 10.2 Å². The number of phenolic OH excluding ortho intramolecular Hbond substituents is 2. The fourth-order valence-electron chi connectivity index (χ4n) is 7.55. The van der Waals surface area contributed by atoms with E-state index < -0.39 is 0 Å². The van der Waals surface area contributed by atoms with Crippen molar-refractivity contribution in [3.63, 3.8) is 0 Å². The van der Waals surface area contributed by atoms with Crippen molar-refractivity contribution in [2.24, 2.45) is 0 Å². The molecule has 266 valence electrons. The largest absolute Gasteiger partial charge is 0.507 e. The van der Waals surface area contributed by atoms with Gasteiger partial charge in [-0.05, 0) is 117 Å². The highest BCUT2D eigenvalue weighted by Gasteiger charge is 2.27. The Balaban J connectivity index is 1.43. The van der Waals surface area contributed by atoms with E-state index in [-0.39, 0.29) is 23.5 Å². The molecule has 0 atom stereocenters. The van der Waals surface area contributed by atoms with E-state index in [0.717, 1.165) is 77.3 Å². The first kappa shape index (κ1) is 34.7. The highest BCUT2D eigenvalue weighted by molar-refractivity contribution is 6.02. The summed E-state index contributed by atoms with van der Waals surface area (Å²) in [6, 6.07) is 47.1. The second-order valence-corrected chi connectivity index (χ2v) is 15.2. The molecule has 0 spiro atoms. The molecule has 4 nitrogen and oxygen atoms in total. The van der Waals surface area contributed by atoms with Crippen molar-refractivity contribution in [3.8, 4) is 61.8 Å². The van der Waals surface area contributed by atoms with Gasteiger partial charge in [0, 0.05) is 39.6 Å². The number of nitrogens with zero attached hydrogens (tertiary/aromatic N) is 1. The second kappa shape index (κ2) is 13.9. The lowest BCUT2D eigenvalue weighted by molar-refractivity contribution is 0.303. The third kappa shape index (κ3) is 6.45. The van der Waals surface area contributed by atoms with Crippen molar-refractivity contribution in [2.45, 2.75) is 46.6 Å². The van der Waals surface area contributed by atoms with Crippen LogP contribution in [0.3, 0.4) is 0 Å². The predicted molar refractivity (Wildman–Crippen MR) is 223 cm³/mol. The second-order valence-electron chi connectivity index (χ2n) is 15.2. The van der Waals surface area contributed by atoms with Gasteiger partial charge in [-0.2, -0.15) is 0 Å². The number of phenols is 2. The van der Waals surface area contributed by atoms with Crippen LogP contribution in [0.15, 0.2) is 146 Å². The molecule has 0 saturated heterocycles. The third-order valence-electron chi connectivity index (χ3n) is 10.3. The molecule has 0 aliphatic rings. The van der Waals surface area contributed by atoms with Gasteiger partial charge in [0.15, 0.2) is 0 Å². The van der Waals surface area contributed by atoms with E-state index in [0.29, 0.717) is 16.9 Å². The number of aromatic nitrogens is 1. The zero-order chi connectivity index (χ0) is 37.6. The summed E-state index contributed by atoms with van der Waals surface area (Å²) in [5.41, 5.74) is 9.72. The van der Waals surface area contributed by atoms with Crippen molar-refractivity contribution in [2.75, 3.05) is 0 Å². The number of benzene rings is 7. The van der Waals surface area contributed by atoms with E-state index in [1.54, 1.807) is 6.20 Å². The average Bonchev–Trinajstić information content (AvgIpc) is 3.18. The van der Waals surface area contributed by atoms with Crippen LogP contribution in [-0.2, 0) is 12.0 Å². The van der Waals surface area contributed by atoms with E-state index in [2.05, 4.69) is 100 Å². The molecule has 0 aliphatic heterocycles. The van der Waals surface area contributed by atoms with Gasteiger partial charge in [-0.15, -0.1) is 0 Å². The SMILES string of the molecule is Cc1cc(-c2cc(C(C)(C)C)cc(-c3cc(C)cc(-c4cccc5ccccc45)c3O)c2OCc2ccccn2)c(O)c(-c2cccc3ccccc23)c1. The van der Waals surface area contributed by atoms with Crippen molar-refractivity contribution < 1.29 is 14.9 Å². The topological polar surface area (TPSA) is 62.6 Å². The number of fused-ring (bicyclic) bond motifs is 2. The molecule has 8 rings (SSSR count). The molecule has 8 aromatic rings. The summed E-state index contributed by atoms with van der Waals surface area (Å²) in [5.74, 6) is 0.895. The molecule has 2 N–H and O–H groups in total. The summed E-state index contributed by atoms with van der Waals surface area (Å²) in [7, 11) is 0. The summed E-state index contributed by atoms with van der Waals surface area (Å²) >= 11 is 0. The maximum Gasteiger partial charge on any atom is 0.135 e. The minimum atomic E-state index is -0.279. The molecule has 54 heavy (non-hydrogen) atoms. The van der Waals surface area contributed by atoms with Gasteiger partial charge < -0.3 is 14.9 Å². The van der Waals surface area contributed by atoms with Crippen LogP contribution in [0.25, 0.3) is 66.1 Å². The van der Waals surface area contributed by atoms with Crippen LogP contribution < -0.4 is 4.74 Å². The summed E-state index contributed by atoms with van der Waals surface area (Å²) in [6.45, 7) is 10.9. The number of hydrogen-bond acceptors (Lipinski definition) is 4. The molecule has 0 aliphatic carbocycles. The minimum absolute atomic E-state index is 0.168. The molecule has 0 unspecified atom stereocenters. The van der Waals surface area contributed by atoms with Gasteiger partial charge in [0.05, 0.1) is 5.69 Å². The van der Waals surface area contributed by atoms with Gasteiger partial charge in [0.2, 0.25) is 0 Å². The van der Waals surface area contributed by atoms with Crippen LogP contribution >= 0.6 is 0 Å².